The van der Waals surface area contributed by atoms with Crippen LogP contribution in [0.3, 0.4) is 0 Å². The summed E-state index contributed by atoms with van der Waals surface area (Å²) in [6.07, 6.45) is -4.70. The minimum absolute atomic E-state index is 0.0363. The molecule has 2 aromatic rings. The van der Waals surface area contributed by atoms with Crippen molar-refractivity contribution in [1.82, 2.24) is 10.3 Å². The zero-order valence-electron chi connectivity index (χ0n) is 8.51. The molecule has 9 heteroatoms. The highest BCUT2D eigenvalue weighted by Gasteiger charge is 2.39. The van der Waals surface area contributed by atoms with E-state index < -0.39 is 22.5 Å². The Kier molecular flexibility index (Phi) is 2.73. The smallest absolute Gasteiger partial charge is 0.258 e. The Balaban J connectivity index is 2.44. The Hall–Kier alpha value is -2.45. The van der Waals surface area contributed by atoms with Crippen molar-refractivity contribution < 1.29 is 22.7 Å². The van der Waals surface area contributed by atoms with E-state index in [1.54, 1.807) is 0 Å². The van der Waals surface area contributed by atoms with Crippen molar-refractivity contribution in [3.63, 3.8) is 0 Å². The fourth-order valence-corrected chi connectivity index (χ4v) is 1.30. The maximum Gasteiger partial charge on any atom is 0.439 e. The second-order valence-corrected chi connectivity index (χ2v) is 3.26. The number of benzene rings is 1. The third kappa shape index (κ3) is 2.14. The average Bonchev–Trinajstić information content (AvgIpc) is 2.77. The average molecular weight is 259 g/mol. The highest BCUT2D eigenvalue weighted by molar-refractivity contribution is 5.63. The van der Waals surface area contributed by atoms with Crippen LogP contribution in [0, 0.1) is 10.1 Å². The van der Waals surface area contributed by atoms with Crippen molar-refractivity contribution in [2.45, 2.75) is 6.18 Å². The zero-order valence-corrected chi connectivity index (χ0v) is 8.51. The van der Waals surface area contributed by atoms with E-state index in [-0.39, 0.29) is 11.3 Å². The Bertz CT molecular complexity index is 577. The van der Waals surface area contributed by atoms with Crippen molar-refractivity contribution in [3.8, 4) is 11.3 Å². The van der Waals surface area contributed by atoms with Gasteiger partial charge in [-0.15, -0.1) is 0 Å². The number of hydrogen-bond acceptors (Lipinski definition) is 5. The van der Waals surface area contributed by atoms with Crippen LogP contribution in [-0.2, 0) is 6.18 Å². The van der Waals surface area contributed by atoms with Crippen LogP contribution in [0.25, 0.3) is 11.3 Å². The zero-order chi connectivity index (χ0) is 13.3. The van der Waals surface area contributed by atoms with E-state index >= 15 is 0 Å². The molecule has 0 saturated carbocycles. The van der Waals surface area contributed by atoms with E-state index in [9.17, 15) is 23.3 Å². The van der Waals surface area contributed by atoms with Gasteiger partial charge in [0.1, 0.15) is 5.69 Å². The Labute approximate surface area is 97.1 Å². The summed E-state index contributed by atoms with van der Waals surface area (Å²) in [5.74, 6) is 0. The first kappa shape index (κ1) is 12.0. The maximum absolute atomic E-state index is 12.5. The summed E-state index contributed by atoms with van der Waals surface area (Å²) in [4.78, 5) is 9.75. The number of alkyl halides is 3. The molecule has 0 aliphatic heterocycles. The molecular formula is C9H4F3N3O3. The number of nitro benzene ring substituents is 1. The van der Waals surface area contributed by atoms with Gasteiger partial charge in [0.25, 0.3) is 5.69 Å². The highest BCUT2D eigenvalue weighted by atomic mass is 19.4. The van der Waals surface area contributed by atoms with Crippen LogP contribution in [0.5, 0.6) is 0 Å². The minimum atomic E-state index is -4.70. The van der Waals surface area contributed by atoms with E-state index in [4.69, 9.17) is 0 Å². The summed E-state index contributed by atoms with van der Waals surface area (Å²) in [6, 6.07) is 4.44. The van der Waals surface area contributed by atoms with Crippen LogP contribution in [0.4, 0.5) is 18.9 Å². The predicted molar refractivity (Wildman–Crippen MR) is 51.4 cm³/mol. The van der Waals surface area contributed by atoms with E-state index in [2.05, 4.69) is 14.9 Å². The van der Waals surface area contributed by atoms with E-state index in [1.807, 2.05) is 0 Å². The molecule has 0 bridgehead atoms. The van der Waals surface area contributed by atoms with Crippen LogP contribution in [-0.4, -0.2) is 15.2 Å². The fourth-order valence-electron chi connectivity index (χ4n) is 1.30. The van der Waals surface area contributed by atoms with Gasteiger partial charge in [0, 0.05) is 17.7 Å². The molecule has 0 aliphatic rings. The van der Waals surface area contributed by atoms with Gasteiger partial charge in [0.2, 0.25) is 5.69 Å². The molecule has 0 N–H and O–H groups in total. The van der Waals surface area contributed by atoms with Gasteiger partial charge in [-0.1, -0.05) is 0 Å². The third-order valence-electron chi connectivity index (χ3n) is 2.11. The third-order valence-corrected chi connectivity index (χ3v) is 2.11. The summed E-state index contributed by atoms with van der Waals surface area (Å²) < 4.78 is 41.6. The molecule has 0 saturated heterocycles. The number of rotatable bonds is 2. The molecule has 0 aliphatic carbocycles. The standard InChI is InChI=1S/C9H4F3N3O3/c10-9(11,12)8-7(13-18-14-8)5-1-3-6(4-2-5)15(16)17/h1-4H. The molecular weight excluding hydrogens is 255 g/mol. The van der Waals surface area contributed by atoms with Gasteiger partial charge in [-0.05, 0) is 22.4 Å². The first-order chi connectivity index (χ1) is 8.39. The van der Waals surface area contributed by atoms with Gasteiger partial charge < -0.3 is 0 Å². The lowest BCUT2D eigenvalue weighted by Crippen LogP contribution is -2.07. The molecule has 0 radical (unpaired) electrons. The van der Waals surface area contributed by atoms with Gasteiger partial charge >= 0.3 is 6.18 Å². The normalized spacial score (nSPS) is 11.5. The number of halogens is 3. The van der Waals surface area contributed by atoms with Crippen LogP contribution < -0.4 is 0 Å². The second kappa shape index (κ2) is 4.09. The lowest BCUT2D eigenvalue weighted by Gasteiger charge is -2.02. The van der Waals surface area contributed by atoms with Crippen molar-refractivity contribution in [3.05, 3.63) is 40.1 Å². The van der Waals surface area contributed by atoms with Crippen LogP contribution >= 0.6 is 0 Å². The lowest BCUT2D eigenvalue weighted by atomic mass is 10.1. The van der Waals surface area contributed by atoms with Gasteiger partial charge in [-0.2, -0.15) is 13.2 Å². The quantitative estimate of drug-likeness (QED) is 0.611. The van der Waals surface area contributed by atoms with Crippen molar-refractivity contribution in [2.75, 3.05) is 0 Å². The molecule has 1 heterocycles. The molecule has 94 valence electrons. The molecule has 0 spiro atoms. The molecule has 0 amide bonds. The van der Waals surface area contributed by atoms with Crippen molar-refractivity contribution >= 4 is 5.69 Å². The summed E-state index contributed by atoms with van der Waals surface area (Å²) in [6.45, 7) is 0. The van der Waals surface area contributed by atoms with Gasteiger partial charge in [-0.3, -0.25) is 10.1 Å². The monoisotopic (exact) mass is 259 g/mol. The van der Waals surface area contributed by atoms with Gasteiger partial charge in [-0.25, -0.2) is 4.63 Å². The van der Waals surface area contributed by atoms with Crippen molar-refractivity contribution in [1.29, 1.82) is 0 Å². The molecule has 0 atom stereocenters. The van der Waals surface area contributed by atoms with Crippen LogP contribution in [0.2, 0.25) is 0 Å². The fraction of sp³-hybridized carbons (Fsp3) is 0.111. The molecule has 1 aromatic heterocycles. The van der Waals surface area contributed by atoms with E-state index in [0.717, 1.165) is 24.3 Å². The van der Waals surface area contributed by atoms with E-state index in [1.165, 1.54) is 0 Å². The lowest BCUT2D eigenvalue weighted by molar-refractivity contribution is -0.384. The first-order valence-corrected chi connectivity index (χ1v) is 4.54. The Morgan fingerprint density at radius 2 is 1.78 bits per heavy atom. The predicted octanol–water partition coefficient (Wildman–Crippen LogP) is 2.66. The SMILES string of the molecule is O=[N+]([O-])c1ccc(-c2nonc2C(F)(F)F)cc1. The van der Waals surface area contributed by atoms with E-state index in [0.29, 0.717) is 0 Å². The molecule has 0 unspecified atom stereocenters. The topological polar surface area (TPSA) is 82.1 Å². The summed E-state index contributed by atoms with van der Waals surface area (Å²) >= 11 is 0. The molecule has 2 rings (SSSR count). The number of nitrogens with zero attached hydrogens (tertiary/aromatic N) is 3. The molecule has 1 aromatic carbocycles. The Morgan fingerprint density at radius 3 is 2.28 bits per heavy atom. The molecule has 18 heavy (non-hydrogen) atoms. The number of hydrogen-bond donors (Lipinski definition) is 0. The van der Waals surface area contributed by atoms with Crippen LogP contribution in [0.1, 0.15) is 5.69 Å². The highest BCUT2D eigenvalue weighted by Crippen LogP contribution is 2.34. The number of non-ortho nitro benzene ring substituents is 1. The molecule has 0 fully saturated rings. The minimum Gasteiger partial charge on any atom is -0.258 e. The Morgan fingerprint density at radius 1 is 1.17 bits per heavy atom. The summed E-state index contributed by atoms with van der Waals surface area (Å²) in [7, 11) is 0. The number of nitro groups is 1. The first-order valence-electron chi connectivity index (χ1n) is 4.54. The largest absolute Gasteiger partial charge is 0.439 e. The molecule has 6 nitrogen and oxygen atoms in total. The second-order valence-electron chi connectivity index (χ2n) is 3.26. The van der Waals surface area contributed by atoms with Crippen LogP contribution in [0.15, 0.2) is 28.9 Å². The maximum atomic E-state index is 12.5. The summed E-state index contributed by atoms with van der Waals surface area (Å²) in [5, 5.41) is 16.3. The van der Waals surface area contributed by atoms with Gasteiger partial charge in [0.15, 0.2) is 0 Å². The number of aromatic nitrogens is 2. The summed E-state index contributed by atoms with van der Waals surface area (Å²) in [5.41, 5.74) is -1.97. The van der Waals surface area contributed by atoms with Crippen molar-refractivity contribution in [2.24, 2.45) is 0 Å². The van der Waals surface area contributed by atoms with Gasteiger partial charge in [0.05, 0.1) is 4.92 Å².